The van der Waals surface area contributed by atoms with Gasteiger partial charge in [-0.2, -0.15) is 0 Å². The largest absolute Gasteiger partial charge is 0.478 e. The average Bonchev–Trinajstić information content (AvgIpc) is 2.83. The van der Waals surface area contributed by atoms with Gasteiger partial charge >= 0.3 is 12.0 Å². The number of allylic oxidation sites excluding steroid dienone is 1. The lowest BCUT2D eigenvalue weighted by atomic mass is 9.86. The van der Waals surface area contributed by atoms with E-state index in [1.54, 1.807) is 6.07 Å². The van der Waals surface area contributed by atoms with E-state index in [1.807, 2.05) is 24.3 Å². The molecule has 1 heterocycles. The summed E-state index contributed by atoms with van der Waals surface area (Å²) in [5, 5.41) is 26.8. The zero-order valence-electron chi connectivity index (χ0n) is 21.4. The predicted octanol–water partition coefficient (Wildman–Crippen LogP) is 4.18. The zero-order chi connectivity index (χ0) is 27.3. The summed E-state index contributed by atoms with van der Waals surface area (Å²) >= 11 is 0. The highest BCUT2D eigenvalue weighted by molar-refractivity contribution is 5.97. The van der Waals surface area contributed by atoms with Gasteiger partial charge in [-0.3, -0.25) is 14.9 Å². The van der Waals surface area contributed by atoms with Crippen molar-refractivity contribution in [2.75, 3.05) is 19.6 Å². The Labute approximate surface area is 215 Å². The van der Waals surface area contributed by atoms with Crippen LogP contribution in [0.25, 0.3) is 0 Å². The van der Waals surface area contributed by atoms with Crippen LogP contribution in [-0.2, 0) is 10.2 Å². The summed E-state index contributed by atoms with van der Waals surface area (Å²) in [7, 11) is 0. The number of carboxylic acid groups (broad SMARTS) is 1. The first kappa shape index (κ1) is 27.5. The quantitative estimate of drug-likeness (QED) is 0.189. The van der Waals surface area contributed by atoms with Crippen molar-refractivity contribution < 1.29 is 24.4 Å². The van der Waals surface area contributed by atoms with E-state index in [0.717, 1.165) is 5.56 Å². The standard InChI is InChI=1S/C27H32N4O6/c1-17-23(25(33)34)24(19-7-5-8-21(15-19)31(36)37)30(26(35)29-17)14-6-13-28-16-22(32)18-9-11-20(12-10-18)27(2,3)4/h5,7-12,15,24,28H,6,13-14,16H2,1-4H3,(H,29,35)(H,33,34). The maximum Gasteiger partial charge on any atom is 0.335 e. The molecule has 0 aliphatic carbocycles. The van der Waals surface area contributed by atoms with Crippen molar-refractivity contribution in [3.63, 3.8) is 0 Å². The van der Waals surface area contributed by atoms with Crippen molar-refractivity contribution in [3.8, 4) is 0 Å². The number of carbonyl (C=O) groups excluding carboxylic acids is 2. The Bertz CT molecular complexity index is 1230. The molecule has 2 amide bonds. The van der Waals surface area contributed by atoms with Gasteiger partial charge in [0.2, 0.25) is 0 Å². The van der Waals surface area contributed by atoms with Gasteiger partial charge in [-0.1, -0.05) is 57.2 Å². The summed E-state index contributed by atoms with van der Waals surface area (Å²) < 4.78 is 0. The molecule has 0 radical (unpaired) electrons. The van der Waals surface area contributed by atoms with Gasteiger partial charge in [-0.25, -0.2) is 9.59 Å². The average molecular weight is 509 g/mol. The number of aliphatic carboxylic acids is 1. The van der Waals surface area contributed by atoms with E-state index in [9.17, 15) is 29.6 Å². The second-order valence-corrected chi connectivity index (χ2v) is 10.0. The molecule has 10 heteroatoms. The summed E-state index contributed by atoms with van der Waals surface area (Å²) in [6.07, 6.45) is 0.432. The Morgan fingerprint density at radius 3 is 2.43 bits per heavy atom. The lowest BCUT2D eigenvalue weighted by molar-refractivity contribution is -0.384. The predicted molar refractivity (Wildman–Crippen MR) is 138 cm³/mol. The van der Waals surface area contributed by atoms with Crippen LogP contribution in [0.15, 0.2) is 59.8 Å². The van der Waals surface area contributed by atoms with Gasteiger partial charge in [0, 0.05) is 29.9 Å². The smallest absolute Gasteiger partial charge is 0.335 e. The first-order chi connectivity index (χ1) is 17.4. The van der Waals surface area contributed by atoms with Crippen molar-refractivity contribution in [3.05, 3.63) is 86.6 Å². The first-order valence-electron chi connectivity index (χ1n) is 12.0. The van der Waals surface area contributed by atoms with Gasteiger partial charge in [-0.05, 0) is 36.4 Å². The van der Waals surface area contributed by atoms with Gasteiger partial charge in [0.1, 0.15) is 0 Å². The van der Waals surface area contributed by atoms with Crippen LogP contribution in [0.1, 0.15) is 61.6 Å². The van der Waals surface area contributed by atoms with E-state index in [2.05, 4.69) is 31.4 Å². The fourth-order valence-electron chi connectivity index (χ4n) is 4.28. The molecule has 0 saturated carbocycles. The molecular weight excluding hydrogens is 476 g/mol. The topological polar surface area (TPSA) is 142 Å². The van der Waals surface area contributed by atoms with Gasteiger partial charge in [0.05, 0.1) is 23.1 Å². The lowest BCUT2D eigenvalue weighted by Crippen LogP contribution is -2.49. The van der Waals surface area contributed by atoms with Crippen molar-refractivity contribution in [1.82, 2.24) is 15.5 Å². The molecule has 3 rings (SSSR count). The number of carboxylic acids is 1. The molecule has 37 heavy (non-hydrogen) atoms. The molecule has 2 aromatic carbocycles. The van der Waals surface area contributed by atoms with E-state index in [1.165, 1.54) is 30.0 Å². The number of amides is 2. The second-order valence-electron chi connectivity index (χ2n) is 10.0. The Hall–Kier alpha value is -4.05. The SMILES string of the molecule is CC1=C(C(=O)O)C(c2cccc([N+](=O)[O-])c2)N(CCCNCC(=O)c2ccc(C(C)(C)C)cc2)C(=O)N1. The molecule has 0 aromatic heterocycles. The summed E-state index contributed by atoms with van der Waals surface area (Å²) in [4.78, 5) is 49.5. The van der Waals surface area contributed by atoms with Crippen LogP contribution in [0.5, 0.6) is 0 Å². The highest BCUT2D eigenvalue weighted by atomic mass is 16.6. The van der Waals surface area contributed by atoms with E-state index < -0.39 is 23.0 Å². The van der Waals surface area contributed by atoms with Crippen LogP contribution in [0.3, 0.4) is 0 Å². The number of nitrogens with zero attached hydrogens (tertiary/aromatic N) is 2. The number of urea groups is 1. The number of carbonyl (C=O) groups is 3. The number of nitrogens with one attached hydrogen (secondary N) is 2. The van der Waals surface area contributed by atoms with E-state index in [4.69, 9.17) is 0 Å². The highest BCUT2D eigenvalue weighted by Gasteiger charge is 2.38. The number of hydrogen-bond acceptors (Lipinski definition) is 6. The minimum absolute atomic E-state index is 0.00265. The number of benzene rings is 2. The van der Waals surface area contributed by atoms with Gasteiger partial charge in [0.15, 0.2) is 5.78 Å². The van der Waals surface area contributed by atoms with E-state index in [0.29, 0.717) is 24.1 Å². The van der Waals surface area contributed by atoms with Crippen LogP contribution < -0.4 is 10.6 Å². The zero-order valence-corrected chi connectivity index (χ0v) is 21.4. The molecule has 0 saturated heterocycles. The molecule has 1 unspecified atom stereocenters. The number of ketones is 1. The summed E-state index contributed by atoms with van der Waals surface area (Å²) in [5.74, 6) is -1.28. The van der Waals surface area contributed by atoms with Gasteiger partial charge < -0.3 is 20.6 Å². The third-order valence-corrected chi connectivity index (χ3v) is 6.28. The molecule has 2 aromatic rings. The molecule has 1 aliphatic rings. The Morgan fingerprint density at radius 1 is 1.16 bits per heavy atom. The molecular formula is C27H32N4O6. The first-order valence-corrected chi connectivity index (χ1v) is 12.0. The minimum atomic E-state index is -1.22. The Morgan fingerprint density at radius 2 is 1.84 bits per heavy atom. The summed E-state index contributed by atoms with van der Waals surface area (Å²) in [6, 6.07) is 11.7. The molecule has 0 spiro atoms. The molecule has 196 valence electrons. The van der Waals surface area contributed by atoms with Crippen LogP contribution >= 0.6 is 0 Å². The van der Waals surface area contributed by atoms with Gasteiger partial charge in [0.25, 0.3) is 5.69 Å². The monoisotopic (exact) mass is 508 g/mol. The van der Waals surface area contributed by atoms with Gasteiger partial charge in [-0.15, -0.1) is 0 Å². The van der Waals surface area contributed by atoms with E-state index >= 15 is 0 Å². The van der Waals surface area contributed by atoms with Crippen molar-refractivity contribution in [2.45, 2.75) is 45.6 Å². The minimum Gasteiger partial charge on any atom is -0.478 e. The maximum absolute atomic E-state index is 12.8. The fourth-order valence-corrected chi connectivity index (χ4v) is 4.28. The van der Waals surface area contributed by atoms with E-state index in [-0.39, 0.29) is 41.2 Å². The Balaban J connectivity index is 1.66. The van der Waals surface area contributed by atoms with Crippen molar-refractivity contribution in [1.29, 1.82) is 0 Å². The van der Waals surface area contributed by atoms with Crippen LogP contribution in [0.4, 0.5) is 10.5 Å². The molecule has 0 bridgehead atoms. The number of non-ortho nitro benzene ring substituents is 1. The number of nitro benzene ring substituents is 1. The Kier molecular flexibility index (Phi) is 8.44. The maximum atomic E-state index is 12.8. The fraction of sp³-hybridized carbons (Fsp3) is 0.370. The second kappa shape index (κ2) is 11.3. The summed E-state index contributed by atoms with van der Waals surface area (Å²) in [5.41, 5.74) is 2.02. The van der Waals surface area contributed by atoms with Crippen LogP contribution in [-0.4, -0.2) is 52.3 Å². The van der Waals surface area contributed by atoms with Crippen LogP contribution in [0.2, 0.25) is 0 Å². The normalized spacial score (nSPS) is 15.9. The highest BCUT2D eigenvalue weighted by Crippen LogP contribution is 2.35. The number of hydrogen-bond donors (Lipinski definition) is 3. The third-order valence-electron chi connectivity index (χ3n) is 6.28. The molecule has 1 aliphatic heterocycles. The molecule has 3 N–H and O–H groups in total. The van der Waals surface area contributed by atoms with Crippen molar-refractivity contribution in [2.24, 2.45) is 0 Å². The molecule has 0 fully saturated rings. The number of rotatable bonds is 10. The summed E-state index contributed by atoms with van der Waals surface area (Å²) in [6.45, 7) is 8.50. The number of nitro groups is 1. The lowest BCUT2D eigenvalue weighted by Gasteiger charge is -2.37. The molecule has 1 atom stereocenters. The number of Topliss-reactive ketones (excluding diaryl/α,β-unsaturated/α-hetero) is 1. The van der Waals surface area contributed by atoms with Crippen molar-refractivity contribution >= 4 is 23.5 Å². The van der Waals surface area contributed by atoms with Crippen LogP contribution in [0, 0.1) is 10.1 Å². The molecule has 10 nitrogen and oxygen atoms in total. The third kappa shape index (κ3) is 6.59.